The van der Waals surface area contributed by atoms with Crippen molar-refractivity contribution in [3.05, 3.63) is 51.9 Å². The molecule has 1 saturated heterocycles. The summed E-state index contributed by atoms with van der Waals surface area (Å²) in [5, 5.41) is 5.13. The first kappa shape index (κ1) is 18.3. The van der Waals surface area contributed by atoms with E-state index in [1.54, 1.807) is 0 Å². The van der Waals surface area contributed by atoms with Crippen molar-refractivity contribution in [3.63, 3.8) is 0 Å². The van der Waals surface area contributed by atoms with Gasteiger partial charge in [0, 0.05) is 41.1 Å². The minimum Gasteiger partial charge on any atom is -0.361 e. The highest BCUT2D eigenvalue weighted by atomic mass is 35.5. The molecule has 0 unspecified atom stereocenters. The van der Waals surface area contributed by atoms with E-state index < -0.39 is 0 Å². The number of amides is 1. The van der Waals surface area contributed by atoms with Gasteiger partial charge in [-0.2, -0.15) is 11.8 Å². The van der Waals surface area contributed by atoms with Crippen molar-refractivity contribution >= 4 is 29.3 Å². The van der Waals surface area contributed by atoms with Gasteiger partial charge in [-0.15, -0.1) is 0 Å². The SMILES string of the molecule is Cc1noc(C)c1CCC(=O)N1CCS[C@@H](c2ccccc2Cl)CC1. The lowest BCUT2D eigenvalue weighted by molar-refractivity contribution is -0.130. The van der Waals surface area contributed by atoms with Crippen molar-refractivity contribution in [1.82, 2.24) is 10.1 Å². The molecule has 1 aliphatic heterocycles. The van der Waals surface area contributed by atoms with Crippen LogP contribution in [0.2, 0.25) is 5.02 Å². The van der Waals surface area contributed by atoms with Gasteiger partial charge in [0.1, 0.15) is 5.76 Å². The Balaban J connectivity index is 1.57. The van der Waals surface area contributed by atoms with Crippen LogP contribution in [0, 0.1) is 13.8 Å². The molecule has 1 atom stereocenters. The maximum absolute atomic E-state index is 12.6. The largest absolute Gasteiger partial charge is 0.361 e. The van der Waals surface area contributed by atoms with Crippen LogP contribution in [-0.4, -0.2) is 34.8 Å². The van der Waals surface area contributed by atoms with E-state index in [0.717, 1.165) is 47.3 Å². The Hall–Kier alpha value is -1.46. The summed E-state index contributed by atoms with van der Waals surface area (Å²) in [4.78, 5) is 14.6. The molecule has 0 bridgehead atoms. The Morgan fingerprint density at radius 2 is 2.16 bits per heavy atom. The molecule has 2 aromatic rings. The molecule has 0 radical (unpaired) electrons. The third kappa shape index (κ3) is 4.39. The Morgan fingerprint density at radius 3 is 2.88 bits per heavy atom. The summed E-state index contributed by atoms with van der Waals surface area (Å²) in [5.74, 6) is 1.96. The molecule has 6 heteroatoms. The number of carbonyl (C=O) groups excluding carboxylic acids is 1. The number of halogens is 1. The van der Waals surface area contributed by atoms with Gasteiger partial charge in [-0.05, 0) is 38.3 Å². The van der Waals surface area contributed by atoms with Crippen molar-refractivity contribution in [1.29, 1.82) is 0 Å². The van der Waals surface area contributed by atoms with E-state index in [-0.39, 0.29) is 5.91 Å². The van der Waals surface area contributed by atoms with Gasteiger partial charge < -0.3 is 9.42 Å². The molecule has 1 aromatic heterocycles. The Kier molecular flexibility index (Phi) is 6.07. The lowest BCUT2D eigenvalue weighted by Gasteiger charge is -2.20. The maximum Gasteiger partial charge on any atom is 0.222 e. The minimum atomic E-state index is 0.209. The molecule has 4 nitrogen and oxygen atoms in total. The second kappa shape index (κ2) is 8.28. The summed E-state index contributed by atoms with van der Waals surface area (Å²) < 4.78 is 5.18. The van der Waals surface area contributed by atoms with Crippen LogP contribution in [-0.2, 0) is 11.2 Å². The van der Waals surface area contributed by atoms with Crippen LogP contribution < -0.4 is 0 Å². The van der Waals surface area contributed by atoms with Crippen LogP contribution >= 0.6 is 23.4 Å². The normalized spacial score (nSPS) is 18.2. The first-order valence-corrected chi connectivity index (χ1v) is 10.0. The monoisotopic (exact) mass is 378 g/mol. The van der Waals surface area contributed by atoms with Crippen LogP contribution in [0.3, 0.4) is 0 Å². The van der Waals surface area contributed by atoms with Crippen molar-refractivity contribution < 1.29 is 9.32 Å². The van der Waals surface area contributed by atoms with Crippen LogP contribution in [0.25, 0.3) is 0 Å². The molecule has 0 N–H and O–H groups in total. The zero-order valence-electron chi connectivity index (χ0n) is 14.6. The Bertz CT molecular complexity index is 727. The van der Waals surface area contributed by atoms with E-state index in [1.165, 1.54) is 5.56 Å². The van der Waals surface area contributed by atoms with Crippen molar-refractivity contribution in [2.24, 2.45) is 0 Å². The molecule has 134 valence electrons. The first-order chi connectivity index (χ1) is 12.1. The van der Waals surface area contributed by atoms with E-state index in [0.29, 0.717) is 18.1 Å². The summed E-state index contributed by atoms with van der Waals surface area (Å²) in [7, 11) is 0. The van der Waals surface area contributed by atoms with E-state index in [1.807, 2.05) is 48.7 Å². The molecule has 25 heavy (non-hydrogen) atoms. The van der Waals surface area contributed by atoms with Crippen LogP contribution in [0.15, 0.2) is 28.8 Å². The molecule has 1 aliphatic rings. The van der Waals surface area contributed by atoms with Gasteiger partial charge in [-0.25, -0.2) is 0 Å². The molecule has 0 saturated carbocycles. The average molecular weight is 379 g/mol. The van der Waals surface area contributed by atoms with Crippen LogP contribution in [0.1, 0.15) is 40.7 Å². The highest BCUT2D eigenvalue weighted by Crippen LogP contribution is 2.37. The molecule has 2 heterocycles. The standard InChI is InChI=1S/C19H23ClN2O2S/c1-13-15(14(2)24-21-13)7-8-19(23)22-10-9-18(25-12-11-22)16-5-3-4-6-17(16)20/h3-6,18H,7-12H2,1-2H3/t18-/m1/s1. The number of thioether (sulfide) groups is 1. The van der Waals surface area contributed by atoms with E-state index in [9.17, 15) is 4.79 Å². The second-order valence-electron chi connectivity index (χ2n) is 6.35. The minimum absolute atomic E-state index is 0.209. The number of carbonyl (C=O) groups is 1. The zero-order valence-corrected chi connectivity index (χ0v) is 16.2. The quantitative estimate of drug-likeness (QED) is 0.780. The third-order valence-corrected chi connectivity index (χ3v) is 6.37. The summed E-state index contributed by atoms with van der Waals surface area (Å²) in [6.07, 6.45) is 2.13. The number of aryl methyl sites for hydroxylation is 2. The molecule has 1 fully saturated rings. The summed E-state index contributed by atoms with van der Waals surface area (Å²) >= 11 is 8.23. The van der Waals surface area contributed by atoms with Crippen molar-refractivity contribution in [2.45, 2.75) is 38.4 Å². The number of hydrogen-bond acceptors (Lipinski definition) is 4. The molecular formula is C19H23ClN2O2S. The van der Waals surface area contributed by atoms with E-state index in [2.05, 4.69) is 11.2 Å². The van der Waals surface area contributed by atoms with Crippen LogP contribution in [0.4, 0.5) is 0 Å². The number of nitrogens with zero attached hydrogens (tertiary/aromatic N) is 2. The van der Waals surface area contributed by atoms with Gasteiger partial charge in [0.2, 0.25) is 5.91 Å². The Labute approximate surface area is 157 Å². The fourth-order valence-electron chi connectivity index (χ4n) is 3.25. The second-order valence-corrected chi connectivity index (χ2v) is 8.07. The molecular weight excluding hydrogens is 356 g/mol. The van der Waals surface area contributed by atoms with E-state index in [4.69, 9.17) is 16.1 Å². The summed E-state index contributed by atoms with van der Waals surface area (Å²) in [5.41, 5.74) is 3.13. The predicted octanol–water partition coefficient (Wildman–Crippen LogP) is 4.58. The molecule has 3 rings (SSSR count). The van der Waals surface area contributed by atoms with Gasteiger partial charge in [-0.3, -0.25) is 4.79 Å². The highest BCUT2D eigenvalue weighted by Gasteiger charge is 2.23. The smallest absolute Gasteiger partial charge is 0.222 e. The van der Waals surface area contributed by atoms with Crippen molar-refractivity contribution in [3.8, 4) is 0 Å². The number of aromatic nitrogens is 1. The fourth-order valence-corrected chi connectivity index (χ4v) is 4.85. The predicted molar refractivity (Wildman–Crippen MR) is 102 cm³/mol. The number of hydrogen-bond donors (Lipinski definition) is 0. The summed E-state index contributed by atoms with van der Waals surface area (Å²) in [6.45, 7) is 5.40. The van der Waals surface area contributed by atoms with Gasteiger partial charge >= 0.3 is 0 Å². The molecule has 0 spiro atoms. The molecule has 1 aromatic carbocycles. The fraction of sp³-hybridized carbons (Fsp3) is 0.474. The van der Waals surface area contributed by atoms with Gasteiger partial charge in [0.15, 0.2) is 0 Å². The maximum atomic E-state index is 12.6. The lowest BCUT2D eigenvalue weighted by atomic mass is 10.1. The topological polar surface area (TPSA) is 46.3 Å². The van der Waals surface area contributed by atoms with Gasteiger partial charge in [-0.1, -0.05) is 35.0 Å². The number of benzene rings is 1. The summed E-state index contributed by atoms with van der Waals surface area (Å²) in [6, 6.07) is 8.01. The average Bonchev–Trinajstić information content (AvgIpc) is 2.79. The number of rotatable bonds is 4. The van der Waals surface area contributed by atoms with Gasteiger partial charge in [0.05, 0.1) is 5.69 Å². The highest BCUT2D eigenvalue weighted by molar-refractivity contribution is 7.99. The first-order valence-electron chi connectivity index (χ1n) is 8.62. The van der Waals surface area contributed by atoms with Crippen molar-refractivity contribution in [2.75, 3.05) is 18.8 Å². The lowest BCUT2D eigenvalue weighted by Crippen LogP contribution is -2.33. The third-order valence-electron chi connectivity index (χ3n) is 4.72. The molecule has 1 amide bonds. The Morgan fingerprint density at radius 1 is 1.36 bits per heavy atom. The van der Waals surface area contributed by atoms with Crippen LogP contribution in [0.5, 0.6) is 0 Å². The van der Waals surface area contributed by atoms with Gasteiger partial charge in [0.25, 0.3) is 0 Å². The molecule has 0 aliphatic carbocycles. The van der Waals surface area contributed by atoms with E-state index >= 15 is 0 Å². The zero-order chi connectivity index (χ0) is 17.8.